The number of aliphatic carboxylic acids is 1. The van der Waals surface area contributed by atoms with Crippen molar-refractivity contribution in [3.8, 4) is 0 Å². The standard InChI is InChI=1S/C16H24N4O3/c17-9-12-8-14(20(18)10-12)15(21)19-13(16(22)23)7-6-11-4-2-1-3-5-11/h1-5,12-14H,6-10,17-18H2,(H,19,21)(H,22,23)/t12-,13+,14-/m0/s1. The summed E-state index contributed by atoms with van der Waals surface area (Å²) >= 11 is 0. The summed E-state index contributed by atoms with van der Waals surface area (Å²) in [6.07, 6.45) is 1.48. The van der Waals surface area contributed by atoms with Crippen LogP contribution in [-0.4, -0.2) is 47.2 Å². The smallest absolute Gasteiger partial charge is 0.326 e. The molecule has 1 aliphatic rings. The topological polar surface area (TPSA) is 122 Å². The zero-order chi connectivity index (χ0) is 16.8. The molecule has 0 bridgehead atoms. The van der Waals surface area contributed by atoms with Crippen LogP contribution in [0.1, 0.15) is 18.4 Å². The Hall–Kier alpha value is -1.96. The number of carbonyl (C=O) groups excluding carboxylic acids is 1. The highest BCUT2D eigenvalue weighted by atomic mass is 16.4. The summed E-state index contributed by atoms with van der Waals surface area (Å²) in [6.45, 7) is 1.02. The van der Waals surface area contributed by atoms with Crippen molar-refractivity contribution in [1.29, 1.82) is 0 Å². The van der Waals surface area contributed by atoms with E-state index in [4.69, 9.17) is 11.6 Å². The van der Waals surface area contributed by atoms with Crippen LogP contribution in [0.5, 0.6) is 0 Å². The lowest BCUT2D eigenvalue weighted by atomic mass is 10.0. The molecule has 23 heavy (non-hydrogen) atoms. The van der Waals surface area contributed by atoms with Crippen molar-refractivity contribution in [2.24, 2.45) is 17.5 Å². The Labute approximate surface area is 135 Å². The van der Waals surface area contributed by atoms with Gasteiger partial charge in [-0.2, -0.15) is 0 Å². The summed E-state index contributed by atoms with van der Waals surface area (Å²) in [5.41, 5.74) is 6.65. The molecule has 0 aliphatic carbocycles. The molecule has 1 saturated heterocycles. The van der Waals surface area contributed by atoms with E-state index in [-0.39, 0.29) is 11.8 Å². The fraction of sp³-hybridized carbons (Fsp3) is 0.500. The van der Waals surface area contributed by atoms with Crippen molar-refractivity contribution in [2.45, 2.75) is 31.3 Å². The Morgan fingerprint density at radius 3 is 2.61 bits per heavy atom. The quantitative estimate of drug-likeness (QED) is 0.512. The molecule has 0 spiro atoms. The number of rotatable bonds is 7. The van der Waals surface area contributed by atoms with E-state index in [1.165, 1.54) is 5.01 Å². The van der Waals surface area contributed by atoms with Crippen LogP contribution in [0.15, 0.2) is 30.3 Å². The van der Waals surface area contributed by atoms with E-state index in [1.807, 2.05) is 30.3 Å². The van der Waals surface area contributed by atoms with Gasteiger partial charge in [-0.1, -0.05) is 30.3 Å². The van der Waals surface area contributed by atoms with Crippen molar-refractivity contribution in [3.63, 3.8) is 0 Å². The van der Waals surface area contributed by atoms with Crippen LogP contribution in [0, 0.1) is 5.92 Å². The molecule has 0 unspecified atom stereocenters. The average Bonchev–Trinajstić information content (AvgIpc) is 2.93. The van der Waals surface area contributed by atoms with Crippen LogP contribution < -0.4 is 16.9 Å². The van der Waals surface area contributed by atoms with Crippen LogP contribution in [0.3, 0.4) is 0 Å². The molecule has 2 rings (SSSR count). The number of nitrogens with one attached hydrogen (secondary N) is 1. The molecule has 0 aromatic heterocycles. The molecule has 0 saturated carbocycles. The van der Waals surface area contributed by atoms with Gasteiger partial charge in [0.25, 0.3) is 0 Å². The summed E-state index contributed by atoms with van der Waals surface area (Å²) in [7, 11) is 0. The van der Waals surface area contributed by atoms with E-state index < -0.39 is 18.1 Å². The number of nitrogens with two attached hydrogens (primary N) is 2. The number of aryl methyl sites for hydroxylation is 1. The van der Waals surface area contributed by atoms with Crippen molar-refractivity contribution >= 4 is 11.9 Å². The second kappa shape index (κ2) is 8.05. The molecule has 1 aliphatic heterocycles. The number of hydrogen-bond donors (Lipinski definition) is 4. The number of nitrogens with zero attached hydrogens (tertiary/aromatic N) is 1. The Morgan fingerprint density at radius 1 is 1.35 bits per heavy atom. The third-order valence-corrected chi connectivity index (χ3v) is 4.24. The maximum absolute atomic E-state index is 12.3. The summed E-state index contributed by atoms with van der Waals surface area (Å²) in [5.74, 6) is 4.62. The summed E-state index contributed by atoms with van der Waals surface area (Å²) in [6, 6.07) is 8.15. The maximum atomic E-state index is 12.3. The second-order valence-corrected chi connectivity index (χ2v) is 5.97. The van der Waals surface area contributed by atoms with Crippen molar-refractivity contribution < 1.29 is 14.7 Å². The van der Waals surface area contributed by atoms with E-state index in [9.17, 15) is 14.7 Å². The number of hydrazine groups is 1. The first-order chi connectivity index (χ1) is 11.0. The number of hydrogen-bond acceptors (Lipinski definition) is 5. The largest absolute Gasteiger partial charge is 0.480 e. The monoisotopic (exact) mass is 320 g/mol. The molecule has 1 aromatic rings. The summed E-state index contributed by atoms with van der Waals surface area (Å²) in [4.78, 5) is 23.7. The zero-order valence-electron chi connectivity index (χ0n) is 13.0. The Kier molecular flexibility index (Phi) is 6.09. The highest BCUT2D eigenvalue weighted by Crippen LogP contribution is 2.19. The lowest BCUT2D eigenvalue weighted by molar-refractivity contribution is -0.142. The SMILES string of the molecule is NC[C@@H]1C[C@@H](C(=O)N[C@H](CCc2ccccc2)C(=O)O)N(N)C1. The van der Waals surface area contributed by atoms with Gasteiger partial charge < -0.3 is 16.2 Å². The van der Waals surface area contributed by atoms with Crippen LogP contribution in [0.4, 0.5) is 0 Å². The normalized spacial score (nSPS) is 22.7. The number of benzene rings is 1. The third kappa shape index (κ3) is 4.75. The molecule has 1 amide bonds. The van der Waals surface area contributed by atoms with Crippen LogP contribution in [0.25, 0.3) is 0 Å². The van der Waals surface area contributed by atoms with Crippen molar-refractivity contribution in [1.82, 2.24) is 10.3 Å². The minimum Gasteiger partial charge on any atom is -0.480 e. The first-order valence-corrected chi connectivity index (χ1v) is 7.79. The fourth-order valence-corrected chi connectivity index (χ4v) is 2.86. The Bertz CT molecular complexity index is 537. The van der Waals surface area contributed by atoms with Gasteiger partial charge in [0, 0.05) is 6.54 Å². The third-order valence-electron chi connectivity index (χ3n) is 4.24. The molecule has 7 nitrogen and oxygen atoms in total. The van der Waals surface area contributed by atoms with Gasteiger partial charge in [0.15, 0.2) is 0 Å². The molecule has 1 heterocycles. The molecule has 0 radical (unpaired) electrons. The molecular formula is C16H24N4O3. The first-order valence-electron chi connectivity index (χ1n) is 7.79. The van der Waals surface area contributed by atoms with Crippen LogP contribution >= 0.6 is 0 Å². The van der Waals surface area contributed by atoms with Gasteiger partial charge in [0.05, 0.1) is 0 Å². The zero-order valence-corrected chi connectivity index (χ0v) is 13.0. The maximum Gasteiger partial charge on any atom is 0.326 e. The predicted molar refractivity (Wildman–Crippen MR) is 86.2 cm³/mol. The van der Waals surface area contributed by atoms with Gasteiger partial charge in [-0.3, -0.25) is 10.6 Å². The van der Waals surface area contributed by atoms with Gasteiger partial charge in [-0.15, -0.1) is 0 Å². The van der Waals surface area contributed by atoms with Crippen LogP contribution in [-0.2, 0) is 16.0 Å². The average molecular weight is 320 g/mol. The van der Waals surface area contributed by atoms with Gasteiger partial charge in [0.1, 0.15) is 12.1 Å². The number of carboxylic acids is 1. The number of carboxylic acid groups (broad SMARTS) is 1. The minimum absolute atomic E-state index is 0.170. The molecule has 6 N–H and O–H groups in total. The van der Waals surface area contributed by atoms with Crippen LogP contribution in [0.2, 0.25) is 0 Å². The first kappa shape index (κ1) is 17.4. The van der Waals surface area contributed by atoms with Gasteiger partial charge in [-0.05, 0) is 37.3 Å². The summed E-state index contributed by atoms with van der Waals surface area (Å²) in [5, 5.41) is 13.4. The van der Waals surface area contributed by atoms with Gasteiger partial charge in [0.2, 0.25) is 5.91 Å². The molecular weight excluding hydrogens is 296 g/mol. The van der Waals surface area contributed by atoms with E-state index in [0.29, 0.717) is 32.4 Å². The van der Waals surface area contributed by atoms with E-state index in [1.54, 1.807) is 0 Å². The second-order valence-electron chi connectivity index (χ2n) is 5.97. The molecule has 1 fully saturated rings. The molecule has 126 valence electrons. The molecule has 3 atom stereocenters. The Morgan fingerprint density at radius 2 is 2.04 bits per heavy atom. The van der Waals surface area contributed by atoms with Crippen molar-refractivity contribution in [2.75, 3.05) is 13.1 Å². The fourth-order valence-electron chi connectivity index (χ4n) is 2.86. The minimum atomic E-state index is -1.04. The molecule has 1 aromatic carbocycles. The van der Waals surface area contributed by atoms with E-state index in [2.05, 4.69) is 5.32 Å². The highest BCUT2D eigenvalue weighted by Gasteiger charge is 2.35. The number of carbonyl (C=O) groups is 2. The number of amides is 1. The predicted octanol–water partition coefficient (Wildman–Crippen LogP) is -0.288. The van der Waals surface area contributed by atoms with Gasteiger partial charge >= 0.3 is 5.97 Å². The lowest BCUT2D eigenvalue weighted by Crippen LogP contribution is -2.51. The summed E-state index contributed by atoms with van der Waals surface area (Å²) < 4.78 is 0. The Balaban J connectivity index is 1.91. The van der Waals surface area contributed by atoms with Crippen molar-refractivity contribution in [3.05, 3.63) is 35.9 Å². The molecule has 7 heteroatoms. The van der Waals surface area contributed by atoms with E-state index >= 15 is 0 Å². The van der Waals surface area contributed by atoms with E-state index in [0.717, 1.165) is 5.56 Å². The van der Waals surface area contributed by atoms with Gasteiger partial charge in [-0.25, -0.2) is 9.80 Å². The lowest BCUT2D eigenvalue weighted by Gasteiger charge is -2.21. The highest BCUT2D eigenvalue weighted by molar-refractivity contribution is 5.87.